The standard InChI is InChI=1S/C42H40N4O4/c43-38-14-6-7-15-39(38)46-30-20-21-31-28(24-30)18-16-27-17-19-29(25-36(27)40(31)47)41(48)44-22-8-1-9-23-45-42(49)50-26-37-34-12-4-2-10-32(34)33-11-3-5-13-35(33)37/h2-7,10-15,17,19-21,24-25,37,46H,1,8-9,16,18,22-23,26,43H2,(H,44,48)(H,45,49). The summed E-state index contributed by atoms with van der Waals surface area (Å²) in [5, 5.41) is 9.18. The fraction of sp³-hybridized carbons (Fsp3) is 0.214. The number of hydrogen-bond donors (Lipinski definition) is 4. The molecular formula is C42H40N4O4. The van der Waals surface area contributed by atoms with Gasteiger partial charge < -0.3 is 26.4 Å². The maximum Gasteiger partial charge on any atom is 0.407 e. The minimum atomic E-state index is -0.421. The van der Waals surface area contributed by atoms with E-state index in [1.54, 1.807) is 12.1 Å². The van der Waals surface area contributed by atoms with Crippen LogP contribution in [0.3, 0.4) is 0 Å². The zero-order valence-corrected chi connectivity index (χ0v) is 27.8. The van der Waals surface area contributed by atoms with E-state index in [-0.39, 0.29) is 24.2 Å². The second-order valence-electron chi connectivity index (χ2n) is 12.9. The lowest BCUT2D eigenvalue weighted by Gasteiger charge is -2.14. The molecule has 0 aromatic heterocycles. The molecule has 0 unspecified atom stereocenters. The molecule has 0 aliphatic heterocycles. The number of rotatable bonds is 11. The van der Waals surface area contributed by atoms with Crippen molar-refractivity contribution < 1.29 is 19.1 Å². The molecule has 0 radical (unpaired) electrons. The predicted molar refractivity (Wildman–Crippen MR) is 197 cm³/mol. The highest BCUT2D eigenvalue weighted by atomic mass is 16.5. The summed E-state index contributed by atoms with van der Waals surface area (Å²) >= 11 is 0. The Morgan fingerprint density at radius 2 is 1.36 bits per heavy atom. The number of nitrogens with one attached hydrogen (secondary N) is 3. The first kappa shape index (κ1) is 32.6. The Morgan fingerprint density at radius 3 is 2.12 bits per heavy atom. The number of alkyl carbamates (subject to hydrolysis) is 1. The van der Waals surface area contributed by atoms with Gasteiger partial charge in [0, 0.05) is 41.4 Å². The Balaban J connectivity index is 0.848. The second-order valence-corrected chi connectivity index (χ2v) is 12.9. The zero-order chi connectivity index (χ0) is 34.5. The van der Waals surface area contributed by atoms with Crippen molar-refractivity contribution in [3.8, 4) is 11.1 Å². The summed E-state index contributed by atoms with van der Waals surface area (Å²) in [4.78, 5) is 39.1. The third-order valence-corrected chi connectivity index (χ3v) is 9.62. The number of carbonyl (C=O) groups is 3. The van der Waals surface area contributed by atoms with Gasteiger partial charge in [-0.25, -0.2) is 4.79 Å². The predicted octanol–water partition coefficient (Wildman–Crippen LogP) is 7.78. The number of benzene rings is 5. The van der Waals surface area contributed by atoms with Gasteiger partial charge in [0.25, 0.3) is 5.91 Å². The molecule has 2 aliphatic rings. The molecule has 0 bridgehead atoms. The summed E-state index contributed by atoms with van der Waals surface area (Å²) in [7, 11) is 0. The van der Waals surface area contributed by atoms with Gasteiger partial charge in [-0.05, 0) is 108 Å². The van der Waals surface area contributed by atoms with E-state index in [0.29, 0.717) is 41.9 Å². The number of unbranched alkanes of at least 4 members (excludes halogenated alkanes) is 2. The van der Waals surface area contributed by atoms with Crippen LogP contribution in [0.1, 0.15) is 73.7 Å². The van der Waals surface area contributed by atoms with E-state index in [0.717, 1.165) is 48.2 Å². The molecule has 0 spiro atoms. The summed E-state index contributed by atoms with van der Waals surface area (Å²) in [5.74, 6) is -0.250. The molecule has 5 aromatic rings. The summed E-state index contributed by atoms with van der Waals surface area (Å²) in [6.45, 7) is 1.28. The van der Waals surface area contributed by atoms with Gasteiger partial charge in [0.1, 0.15) is 6.61 Å². The second kappa shape index (κ2) is 14.7. The topological polar surface area (TPSA) is 123 Å². The van der Waals surface area contributed by atoms with E-state index in [1.807, 2.05) is 72.8 Å². The number of ether oxygens (including phenoxy) is 1. The molecule has 50 heavy (non-hydrogen) atoms. The van der Waals surface area contributed by atoms with E-state index >= 15 is 0 Å². The van der Waals surface area contributed by atoms with Crippen LogP contribution in [0.4, 0.5) is 21.9 Å². The third kappa shape index (κ3) is 6.96. The number of nitrogen functional groups attached to an aromatic ring is 1. The van der Waals surface area contributed by atoms with Crippen molar-refractivity contribution in [3.63, 3.8) is 0 Å². The molecule has 0 saturated heterocycles. The lowest BCUT2D eigenvalue weighted by atomic mass is 9.96. The molecule has 0 saturated carbocycles. The first-order valence-corrected chi connectivity index (χ1v) is 17.3. The fourth-order valence-corrected chi connectivity index (χ4v) is 7.00. The maximum absolute atomic E-state index is 13.6. The number of amides is 2. The van der Waals surface area contributed by atoms with Crippen LogP contribution in [-0.4, -0.2) is 37.5 Å². The zero-order valence-electron chi connectivity index (χ0n) is 27.8. The largest absolute Gasteiger partial charge is 0.449 e. The minimum absolute atomic E-state index is 0.0295. The minimum Gasteiger partial charge on any atom is -0.449 e. The summed E-state index contributed by atoms with van der Waals surface area (Å²) < 4.78 is 5.62. The highest BCUT2D eigenvalue weighted by Gasteiger charge is 2.29. The molecule has 8 nitrogen and oxygen atoms in total. The molecule has 0 heterocycles. The molecular weight excluding hydrogens is 624 g/mol. The van der Waals surface area contributed by atoms with E-state index < -0.39 is 6.09 Å². The third-order valence-electron chi connectivity index (χ3n) is 9.62. The summed E-state index contributed by atoms with van der Waals surface area (Å²) in [6, 6.07) is 35.3. The van der Waals surface area contributed by atoms with E-state index in [2.05, 4.69) is 40.2 Å². The SMILES string of the molecule is Nc1ccccc1Nc1ccc2c(c1)CCc1ccc(C(=O)NCCCCCNC(=O)OCC3c4ccccc4-c4ccccc43)cc1C2=O. The lowest BCUT2D eigenvalue weighted by molar-refractivity contribution is 0.0953. The van der Waals surface area contributed by atoms with Crippen LogP contribution >= 0.6 is 0 Å². The van der Waals surface area contributed by atoms with Crippen LogP contribution in [0.2, 0.25) is 0 Å². The molecule has 0 fully saturated rings. The van der Waals surface area contributed by atoms with Crippen molar-refractivity contribution in [1.29, 1.82) is 0 Å². The van der Waals surface area contributed by atoms with Crippen molar-refractivity contribution in [2.75, 3.05) is 30.7 Å². The van der Waals surface area contributed by atoms with Crippen molar-refractivity contribution >= 4 is 34.8 Å². The quantitative estimate of drug-likeness (QED) is 0.0845. The molecule has 5 N–H and O–H groups in total. The van der Waals surface area contributed by atoms with Gasteiger partial charge in [0.05, 0.1) is 11.4 Å². The van der Waals surface area contributed by atoms with Crippen LogP contribution in [0, 0.1) is 0 Å². The van der Waals surface area contributed by atoms with Crippen molar-refractivity contribution in [3.05, 3.63) is 148 Å². The number of aryl methyl sites for hydroxylation is 2. The fourth-order valence-electron chi connectivity index (χ4n) is 7.00. The first-order valence-electron chi connectivity index (χ1n) is 17.3. The normalized spacial score (nSPS) is 12.9. The molecule has 2 aliphatic carbocycles. The Bertz CT molecular complexity index is 2030. The Kier molecular flexibility index (Phi) is 9.60. The molecule has 7 rings (SSSR count). The summed E-state index contributed by atoms with van der Waals surface area (Å²) in [6.07, 6.45) is 3.36. The average Bonchev–Trinajstić information content (AvgIpc) is 3.39. The lowest BCUT2D eigenvalue weighted by Crippen LogP contribution is -2.27. The van der Waals surface area contributed by atoms with Gasteiger partial charge in [-0.1, -0.05) is 66.7 Å². The monoisotopic (exact) mass is 664 g/mol. The smallest absolute Gasteiger partial charge is 0.407 e. The van der Waals surface area contributed by atoms with Gasteiger partial charge in [-0.15, -0.1) is 0 Å². The van der Waals surface area contributed by atoms with Gasteiger partial charge in [-0.2, -0.15) is 0 Å². The van der Waals surface area contributed by atoms with E-state index in [9.17, 15) is 14.4 Å². The van der Waals surface area contributed by atoms with Crippen molar-refractivity contribution in [1.82, 2.24) is 10.6 Å². The molecule has 0 atom stereocenters. The Hall–Kier alpha value is -5.89. The van der Waals surface area contributed by atoms with Crippen LogP contribution in [0.15, 0.2) is 109 Å². The summed E-state index contributed by atoms with van der Waals surface area (Å²) in [5.41, 5.74) is 16.8. The Morgan fingerprint density at radius 1 is 0.680 bits per heavy atom. The molecule has 8 heteroatoms. The molecule has 5 aromatic carbocycles. The number of fused-ring (bicyclic) bond motifs is 5. The first-order chi connectivity index (χ1) is 24.5. The van der Waals surface area contributed by atoms with Crippen molar-refractivity contribution in [2.24, 2.45) is 0 Å². The highest BCUT2D eigenvalue weighted by molar-refractivity contribution is 6.12. The van der Waals surface area contributed by atoms with Crippen LogP contribution in [0.5, 0.6) is 0 Å². The number of carbonyl (C=O) groups excluding carboxylic acids is 3. The van der Waals surface area contributed by atoms with E-state index in [1.165, 1.54) is 22.3 Å². The number of para-hydroxylation sites is 2. The number of hydrogen-bond acceptors (Lipinski definition) is 6. The van der Waals surface area contributed by atoms with Gasteiger partial charge in [-0.3, -0.25) is 9.59 Å². The average molecular weight is 665 g/mol. The van der Waals surface area contributed by atoms with Crippen LogP contribution < -0.4 is 21.7 Å². The number of anilines is 3. The van der Waals surface area contributed by atoms with Crippen molar-refractivity contribution in [2.45, 2.75) is 38.0 Å². The number of nitrogens with two attached hydrogens (primary N) is 1. The van der Waals surface area contributed by atoms with E-state index in [4.69, 9.17) is 10.5 Å². The molecule has 252 valence electrons. The van der Waals surface area contributed by atoms with Crippen LogP contribution in [0.25, 0.3) is 11.1 Å². The molecule has 2 amide bonds. The number of ketones is 1. The van der Waals surface area contributed by atoms with Crippen LogP contribution in [-0.2, 0) is 17.6 Å². The highest BCUT2D eigenvalue weighted by Crippen LogP contribution is 2.44. The van der Waals surface area contributed by atoms with Gasteiger partial charge in [0.15, 0.2) is 5.78 Å². The van der Waals surface area contributed by atoms with Gasteiger partial charge in [0.2, 0.25) is 0 Å². The van der Waals surface area contributed by atoms with Gasteiger partial charge >= 0.3 is 6.09 Å². The Labute approximate surface area is 292 Å². The maximum atomic E-state index is 13.6.